The first-order valence-electron chi connectivity index (χ1n) is 51.7. The molecule has 9 nitrogen and oxygen atoms in total. The molecule has 0 bridgehead atoms. The Morgan fingerprint density at radius 1 is 0.147 bits per heavy atom. The summed E-state index contributed by atoms with van der Waals surface area (Å²) >= 11 is 0. The summed E-state index contributed by atoms with van der Waals surface area (Å²) in [7, 11) is -6.02. The number of para-hydroxylation sites is 5. The van der Waals surface area contributed by atoms with Crippen molar-refractivity contribution < 1.29 is 0 Å². The topological polar surface area (TPSA) is 92.1 Å². The van der Waals surface area contributed by atoms with Crippen LogP contribution in [0, 0.1) is 0 Å². The van der Waals surface area contributed by atoms with Crippen LogP contribution >= 0.6 is 0 Å². The molecule has 12 heteroatoms. The SMILES string of the molecule is C[Si]1(C)c2ccccc2-c2nc(-c3cccc(-c4ccc5c(c4)c4cc(-c6ccccc6)ccc4n5-c4ccccc4)c3)nc(-c3ccccc3)c21.C[Si]1(C)c2ccccc2-c2nc(-c3cccc(-c4ccc5c(c4)c4ccccc4n5-c4ccccc4)c3)nc(-c3ccccc3)c21.C[Si]1(C)c2ccccc2-c2nc(-c3cccc(-c4cccc(-c5ccc6c(c5)c5ccccc5n6-c5ccccc5)c4)c3)nc(-c3ccccc3)c21. The fourth-order valence-electron chi connectivity index (χ4n) is 23.9. The van der Waals surface area contributed by atoms with Gasteiger partial charge in [0.1, 0.15) is 24.2 Å². The maximum atomic E-state index is 5.38. The van der Waals surface area contributed by atoms with Gasteiger partial charge in [-0.2, -0.15) is 0 Å². The van der Waals surface area contributed by atoms with Gasteiger partial charge in [-0.1, -0.05) is 421 Å². The lowest BCUT2D eigenvalue weighted by molar-refractivity contribution is 1.18. The zero-order valence-corrected chi connectivity index (χ0v) is 86.9. The Labute approximate surface area is 875 Å². The van der Waals surface area contributed by atoms with E-state index in [1.807, 2.05) is 0 Å². The van der Waals surface area contributed by atoms with Crippen molar-refractivity contribution in [2.75, 3.05) is 0 Å². The van der Waals surface area contributed by atoms with E-state index in [-0.39, 0.29) is 0 Å². The minimum Gasteiger partial charge on any atom is -0.309 e. The molecule has 29 rings (SSSR count). The summed E-state index contributed by atoms with van der Waals surface area (Å²) in [5.41, 5.74) is 39.1. The lowest BCUT2D eigenvalue weighted by Gasteiger charge is -2.21. The van der Waals surface area contributed by atoms with E-state index in [4.69, 9.17) is 29.9 Å². The Morgan fingerprint density at radius 3 is 0.640 bits per heavy atom. The highest BCUT2D eigenvalue weighted by atomic mass is 28.3. The van der Waals surface area contributed by atoms with E-state index >= 15 is 0 Å². The molecule has 0 atom stereocenters. The monoisotopic (exact) mass is 1970 g/mol. The van der Waals surface area contributed by atoms with Gasteiger partial charge in [-0.05, 0) is 225 Å². The molecule has 6 aromatic heterocycles. The molecule has 0 spiro atoms. The highest BCUT2D eigenvalue weighted by molar-refractivity contribution is 7.05. The smallest absolute Gasteiger partial charge is 0.160 e. The van der Waals surface area contributed by atoms with Crippen LogP contribution in [-0.2, 0) is 0 Å². The Kier molecular flexibility index (Phi) is 22.1. The Balaban J connectivity index is 0.000000111. The first-order chi connectivity index (χ1) is 73.7. The third kappa shape index (κ3) is 15.5. The first kappa shape index (κ1) is 90.5. The van der Waals surface area contributed by atoms with E-state index in [0.717, 1.165) is 119 Å². The maximum absolute atomic E-state index is 5.38. The van der Waals surface area contributed by atoms with Crippen LogP contribution in [-0.4, -0.2) is 67.8 Å². The quantitative estimate of drug-likeness (QED) is 0.101. The standard InChI is InChI=1S/2C48H35N3Si.C42H31N3Si/c1-52(2)44-24-13-12-23-39(44)46-47(52)45(33-17-8-4-9-18-33)49-48(50-46)37-20-14-19-34(29-37)36-26-28-43-41(31-36)40-30-35(32-15-6-3-7-16-32)25-27-42(40)51(43)38-21-10-5-11-22-38;1-52(2)44-26-12-10-24-40(44)46-47(52)45(32-15-5-3-6-16-32)49-48(50-46)37-20-14-19-35(30-37)33-17-13-18-34(29-33)36-27-28-43-41(31-36)39-23-9-11-25-42(39)51(43)38-21-7-4-8-22-38;1-46(2)38-23-12-10-21-34(38)40-41(46)39(28-14-5-3-6-15-28)43-42(44-40)31-17-13-16-29(26-31)30-24-25-37-35(27-30)33-20-9-11-22-36(33)45(37)32-18-7-4-8-19-32/h2*3-31H,1-2H3;3-27H,1-2H3. The molecular formula is C138H101N9Si3. The van der Waals surface area contributed by atoms with Crippen LogP contribution in [0.4, 0.5) is 0 Å². The lowest BCUT2D eigenvalue weighted by Crippen LogP contribution is -2.50. The summed E-state index contributed by atoms with van der Waals surface area (Å²) in [5.74, 6) is 2.29. The van der Waals surface area contributed by atoms with Crippen molar-refractivity contribution >= 4 is 121 Å². The van der Waals surface area contributed by atoms with Gasteiger partial charge in [0.25, 0.3) is 0 Å². The molecule has 0 radical (unpaired) electrons. The fourth-order valence-corrected chi connectivity index (χ4v) is 33.6. The molecule has 0 amide bonds. The van der Waals surface area contributed by atoms with Crippen LogP contribution in [0.25, 0.3) is 240 Å². The summed E-state index contributed by atoms with van der Waals surface area (Å²) in [6, 6.07) is 181. The summed E-state index contributed by atoms with van der Waals surface area (Å²) in [4.78, 5) is 32.1. The highest BCUT2D eigenvalue weighted by Crippen LogP contribution is 2.46. The van der Waals surface area contributed by atoms with E-state index in [1.54, 1.807) is 0 Å². The molecular weight excluding hydrogens is 1870 g/mol. The second-order valence-electron chi connectivity index (χ2n) is 41.1. The van der Waals surface area contributed by atoms with Crippen LogP contribution in [0.15, 0.2) is 504 Å². The van der Waals surface area contributed by atoms with Gasteiger partial charge in [0.05, 0.1) is 67.3 Å². The molecule has 26 aromatic rings. The average Bonchev–Trinajstić information content (AvgIpc) is 1.66. The van der Waals surface area contributed by atoms with Crippen molar-refractivity contribution in [2.24, 2.45) is 0 Å². The zero-order chi connectivity index (χ0) is 100. The van der Waals surface area contributed by atoms with Gasteiger partial charge >= 0.3 is 0 Å². The molecule has 0 aliphatic carbocycles. The van der Waals surface area contributed by atoms with Gasteiger partial charge in [-0.3, -0.25) is 0 Å². The zero-order valence-electron chi connectivity index (χ0n) is 83.9. The van der Waals surface area contributed by atoms with Crippen molar-refractivity contribution in [3.63, 3.8) is 0 Å². The van der Waals surface area contributed by atoms with E-state index in [1.165, 1.54) is 152 Å². The number of nitrogens with zero attached hydrogens (tertiary/aromatic N) is 9. The molecule has 710 valence electrons. The van der Waals surface area contributed by atoms with E-state index in [0.29, 0.717) is 0 Å². The van der Waals surface area contributed by atoms with Crippen LogP contribution < -0.4 is 31.1 Å². The molecule has 9 heterocycles. The summed E-state index contributed by atoms with van der Waals surface area (Å²) in [6.07, 6.45) is 0. The minimum absolute atomic E-state index is 0.759. The normalized spacial score (nSPS) is 13.0. The number of aromatic nitrogens is 9. The third-order valence-electron chi connectivity index (χ3n) is 31.1. The predicted octanol–water partition coefficient (Wildman–Crippen LogP) is 31.5. The Bertz CT molecular complexity index is 9850. The van der Waals surface area contributed by atoms with E-state index in [9.17, 15) is 0 Å². The molecule has 0 N–H and O–H groups in total. The van der Waals surface area contributed by atoms with Gasteiger partial charge in [0, 0.05) is 82.8 Å². The molecule has 3 aliphatic heterocycles. The van der Waals surface area contributed by atoms with Crippen molar-refractivity contribution in [1.82, 2.24) is 43.6 Å². The molecule has 150 heavy (non-hydrogen) atoms. The van der Waals surface area contributed by atoms with E-state index in [2.05, 4.69) is 556 Å². The number of fused-ring (bicyclic) bond motifs is 18. The van der Waals surface area contributed by atoms with Gasteiger partial charge in [-0.15, -0.1) is 0 Å². The number of hydrogen-bond donors (Lipinski definition) is 0. The van der Waals surface area contributed by atoms with Crippen LogP contribution in [0.2, 0.25) is 39.3 Å². The van der Waals surface area contributed by atoms with Gasteiger partial charge in [0.2, 0.25) is 0 Å². The van der Waals surface area contributed by atoms with Crippen LogP contribution in [0.3, 0.4) is 0 Å². The predicted molar refractivity (Wildman–Crippen MR) is 635 cm³/mol. The summed E-state index contributed by atoms with van der Waals surface area (Å²) in [6.45, 7) is 14.6. The highest BCUT2D eigenvalue weighted by Gasteiger charge is 2.45. The second-order valence-corrected chi connectivity index (χ2v) is 54.0. The largest absolute Gasteiger partial charge is 0.309 e. The molecule has 3 aliphatic rings. The molecule has 0 unspecified atom stereocenters. The fraction of sp³-hybridized carbons (Fsp3) is 0.0435. The Hall–Kier alpha value is -18.3. The average molecular weight is 1970 g/mol. The second kappa shape index (κ2) is 36.7. The maximum Gasteiger partial charge on any atom is 0.160 e. The van der Waals surface area contributed by atoms with E-state index < -0.39 is 24.2 Å². The van der Waals surface area contributed by atoms with Gasteiger partial charge in [-0.25, -0.2) is 29.9 Å². The molecule has 0 saturated heterocycles. The number of benzene rings is 20. The van der Waals surface area contributed by atoms with Crippen LogP contribution in [0.5, 0.6) is 0 Å². The minimum atomic E-state index is -2.02. The molecule has 20 aromatic carbocycles. The van der Waals surface area contributed by atoms with Crippen LogP contribution in [0.1, 0.15) is 0 Å². The van der Waals surface area contributed by atoms with Gasteiger partial charge in [0.15, 0.2) is 17.5 Å². The van der Waals surface area contributed by atoms with Crippen molar-refractivity contribution in [3.05, 3.63) is 504 Å². The van der Waals surface area contributed by atoms with Gasteiger partial charge < -0.3 is 13.7 Å². The van der Waals surface area contributed by atoms with Crippen molar-refractivity contribution in [1.29, 1.82) is 0 Å². The molecule has 0 fully saturated rings. The Morgan fingerprint density at radius 2 is 0.347 bits per heavy atom. The number of hydrogen-bond acceptors (Lipinski definition) is 6. The van der Waals surface area contributed by atoms with Crippen molar-refractivity contribution in [3.8, 4) is 174 Å². The summed E-state index contributed by atoms with van der Waals surface area (Å²) < 4.78 is 7.10. The first-order valence-corrected chi connectivity index (χ1v) is 60.7. The molecule has 0 saturated carbocycles. The lowest BCUT2D eigenvalue weighted by atomic mass is 9.97. The number of rotatable bonds is 14. The van der Waals surface area contributed by atoms with Crippen molar-refractivity contribution in [2.45, 2.75) is 39.3 Å². The summed E-state index contributed by atoms with van der Waals surface area (Å²) in [5, 5.41) is 15.7. The third-order valence-corrected chi connectivity index (χ3v) is 41.6.